The maximum atomic E-state index is 13.3. The van der Waals surface area contributed by atoms with E-state index in [1.807, 2.05) is 14.1 Å². The lowest BCUT2D eigenvalue weighted by Gasteiger charge is -2.34. The van der Waals surface area contributed by atoms with Gasteiger partial charge in [0.05, 0.1) is 0 Å². The molecule has 0 bridgehead atoms. The lowest BCUT2D eigenvalue weighted by Crippen LogP contribution is -2.43. The van der Waals surface area contributed by atoms with Gasteiger partial charge in [-0.25, -0.2) is 0 Å². The van der Waals surface area contributed by atoms with Crippen molar-refractivity contribution in [1.29, 1.82) is 0 Å². The van der Waals surface area contributed by atoms with E-state index in [4.69, 9.17) is 10.2 Å². The zero-order valence-electron chi connectivity index (χ0n) is 22.0. The van der Waals surface area contributed by atoms with Gasteiger partial charge in [-0.3, -0.25) is 4.79 Å². The van der Waals surface area contributed by atoms with Gasteiger partial charge in [-0.2, -0.15) is 0 Å². The van der Waals surface area contributed by atoms with Crippen LogP contribution in [0.3, 0.4) is 0 Å². The minimum atomic E-state index is 0.234. The number of hydrogen-bond donors (Lipinski definition) is 2. The van der Waals surface area contributed by atoms with Crippen LogP contribution in [0, 0.1) is 0 Å². The van der Waals surface area contributed by atoms with Crippen LogP contribution < -0.4 is 0 Å². The summed E-state index contributed by atoms with van der Waals surface area (Å²) < 4.78 is 0. The first-order valence-corrected chi connectivity index (χ1v) is 13.6. The molecule has 0 radical (unpaired) electrons. The molecule has 2 atom stereocenters. The molecule has 0 spiro atoms. The number of hydrogen-bond acceptors (Lipinski definition) is 4. The van der Waals surface area contributed by atoms with Crippen molar-refractivity contribution in [2.45, 2.75) is 135 Å². The molecule has 0 aromatic carbocycles. The summed E-state index contributed by atoms with van der Waals surface area (Å²) in [6, 6.07) is 0.571. The summed E-state index contributed by atoms with van der Waals surface area (Å²) in [5.74, 6) is 0.290. The molecule has 0 aliphatic carbocycles. The SMILES string of the molecule is CCCCCCCCCC(CCCCCCO)N(CCCCCO)C(=O)CC(C)N(C)C. The molecule has 192 valence electrons. The second kappa shape index (κ2) is 22.2. The smallest absolute Gasteiger partial charge is 0.224 e. The third kappa shape index (κ3) is 16.9. The lowest BCUT2D eigenvalue weighted by molar-refractivity contribution is -0.135. The van der Waals surface area contributed by atoms with Gasteiger partial charge >= 0.3 is 0 Å². The van der Waals surface area contributed by atoms with E-state index in [0.29, 0.717) is 18.4 Å². The Kier molecular flexibility index (Phi) is 21.7. The first-order valence-electron chi connectivity index (χ1n) is 13.6. The number of carbonyl (C=O) groups is 1. The zero-order valence-corrected chi connectivity index (χ0v) is 22.0. The van der Waals surface area contributed by atoms with Crippen LogP contribution in [-0.2, 0) is 4.79 Å². The maximum absolute atomic E-state index is 13.3. The van der Waals surface area contributed by atoms with Crippen molar-refractivity contribution in [3.63, 3.8) is 0 Å². The van der Waals surface area contributed by atoms with Crippen molar-refractivity contribution in [3.05, 3.63) is 0 Å². The van der Waals surface area contributed by atoms with Crippen molar-refractivity contribution in [3.8, 4) is 0 Å². The first kappa shape index (κ1) is 31.4. The lowest BCUT2D eigenvalue weighted by atomic mass is 9.97. The Bertz CT molecular complexity index is 418. The average Bonchev–Trinajstić information content (AvgIpc) is 2.77. The summed E-state index contributed by atoms with van der Waals surface area (Å²) in [7, 11) is 4.08. The fraction of sp³-hybridized carbons (Fsp3) is 0.963. The van der Waals surface area contributed by atoms with Gasteiger partial charge < -0.3 is 20.0 Å². The van der Waals surface area contributed by atoms with Gasteiger partial charge in [0, 0.05) is 38.3 Å². The van der Waals surface area contributed by atoms with Crippen LogP contribution in [0.25, 0.3) is 0 Å². The summed E-state index contributed by atoms with van der Waals surface area (Å²) in [5, 5.41) is 18.2. The molecule has 0 saturated heterocycles. The Labute approximate surface area is 199 Å². The minimum Gasteiger partial charge on any atom is -0.396 e. The molecule has 5 nitrogen and oxygen atoms in total. The standard InChI is InChI=1S/C27H56N2O3/c1-5-6-7-8-9-10-14-19-26(20-15-11-12-17-22-30)29(21-16-13-18-23-31)27(32)24-25(2)28(3)4/h25-26,30-31H,5-24H2,1-4H3. The largest absolute Gasteiger partial charge is 0.396 e. The molecule has 2 N–H and O–H groups in total. The van der Waals surface area contributed by atoms with Crippen molar-refractivity contribution < 1.29 is 15.0 Å². The van der Waals surface area contributed by atoms with Crippen LogP contribution in [0.5, 0.6) is 0 Å². The second-order valence-corrected chi connectivity index (χ2v) is 9.88. The van der Waals surface area contributed by atoms with Gasteiger partial charge in [0.2, 0.25) is 5.91 Å². The highest BCUT2D eigenvalue weighted by Gasteiger charge is 2.24. The quantitative estimate of drug-likeness (QED) is 0.192. The topological polar surface area (TPSA) is 64.0 Å². The molecule has 0 aliphatic heterocycles. The molecule has 5 heteroatoms. The Morgan fingerprint density at radius 1 is 0.719 bits per heavy atom. The summed E-state index contributed by atoms with van der Waals surface area (Å²) in [4.78, 5) is 17.6. The Hall–Kier alpha value is -0.650. The van der Waals surface area contributed by atoms with E-state index in [2.05, 4.69) is 23.6 Å². The van der Waals surface area contributed by atoms with Gasteiger partial charge in [-0.15, -0.1) is 0 Å². The molecule has 32 heavy (non-hydrogen) atoms. The molecule has 2 unspecified atom stereocenters. The normalized spacial score (nSPS) is 13.5. The number of aliphatic hydroxyl groups is 2. The maximum Gasteiger partial charge on any atom is 0.224 e. The second-order valence-electron chi connectivity index (χ2n) is 9.88. The molecule has 1 amide bonds. The predicted molar refractivity (Wildman–Crippen MR) is 137 cm³/mol. The monoisotopic (exact) mass is 456 g/mol. The van der Waals surface area contributed by atoms with Crippen LogP contribution in [0.15, 0.2) is 0 Å². The molecule has 0 aromatic heterocycles. The van der Waals surface area contributed by atoms with E-state index in [-0.39, 0.29) is 19.3 Å². The molecular weight excluding hydrogens is 400 g/mol. The number of aliphatic hydroxyl groups excluding tert-OH is 2. The van der Waals surface area contributed by atoms with Gasteiger partial charge in [0.1, 0.15) is 0 Å². The molecule has 0 fully saturated rings. The van der Waals surface area contributed by atoms with Crippen LogP contribution in [0.2, 0.25) is 0 Å². The number of nitrogens with zero attached hydrogens (tertiary/aromatic N) is 2. The molecule has 0 rings (SSSR count). The number of amides is 1. The Balaban J connectivity index is 4.95. The minimum absolute atomic E-state index is 0.234. The Morgan fingerprint density at radius 3 is 1.69 bits per heavy atom. The fourth-order valence-electron chi connectivity index (χ4n) is 4.27. The highest BCUT2D eigenvalue weighted by atomic mass is 16.3. The van der Waals surface area contributed by atoms with Crippen molar-refractivity contribution in [2.24, 2.45) is 0 Å². The van der Waals surface area contributed by atoms with Gasteiger partial charge in [-0.05, 0) is 59.5 Å². The number of unbranched alkanes of at least 4 members (excludes halogenated alkanes) is 11. The van der Waals surface area contributed by atoms with E-state index in [0.717, 1.165) is 64.3 Å². The van der Waals surface area contributed by atoms with Gasteiger partial charge in [-0.1, -0.05) is 71.1 Å². The van der Waals surface area contributed by atoms with E-state index >= 15 is 0 Å². The van der Waals surface area contributed by atoms with Crippen LogP contribution in [0.1, 0.15) is 123 Å². The zero-order chi connectivity index (χ0) is 24.0. The summed E-state index contributed by atoms with van der Waals surface area (Å²) in [6.07, 6.45) is 18.8. The highest BCUT2D eigenvalue weighted by Crippen LogP contribution is 2.21. The molecule has 0 saturated carbocycles. The summed E-state index contributed by atoms with van der Waals surface area (Å²) >= 11 is 0. The van der Waals surface area contributed by atoms with Gasteiger partial charge in [0.15, 0.2) is 0 Å². The van der Waals surface area contributed by atoms with Gasteiger partial charge in [0.25, 0.3) is 0 Å². The van der Waals surface area contributed by atoms with Crippen LogP contribution in [0.4, 0.5) is 0 Å². The third-order valence-electron chi connectivity index (χ3n) is 6.76. The van der Waals surface area contributed by atoms with Crippen molar-refractivity contribution in [2.75, 3.05) is 33.9 Å². The predicted octanol–water partition coefficient (Wildman–Crippen LogP) is 5.77. The first-order chi connectivity index (χ1) is 15.5. The highest BCUT2D eigenvalue weighted by molar-refractivity contribution is 5.77. The van der Waals surface area contributed by atoms with Crippen molar-refractivity contribution in [1.82, 2.24) is 9.80 Å². The average molecular weight is 457 g/mol. The van der Waals surface area contributed by atoms with Crippen LogP contribution in [-0.4, -0.2) is 71.9 Å². The fourth-order valence-corrected chi connectivity index (χ4v) is 4.27. The van der Waals surface area contributed by atoms with E-state index < -0.39 is 0 Å². The van der Waals surface area contributed by atoms with Crippen LogP contribution >= 0.6 is 0 Å². The summed E-state index contributed by atoms with van der Waals surface area (Å²) in [6.45, 7) is 5.71. The molecular formula is C27H56N2O3. The molecule has 0 aliphatic rings. The number of rotatable bonds is 23. The summed E-state index contributed by atoms with van der Waals surface area (Å²) in [5.41, 5.74) is 0. The third-order valence-corrected chi connectivity index (χ3v) is 6.76. The molecule has 0 heterocycles. The Morgan fingerprint density at radius 2 is 1.19 bits per heavy atom. The molecule has 0 aromatic rings. The van der Waals surface area contributed by atoms with E-state index in [9.17, 15) is 4.79 Å². The van der Waals surface area contributed by atoms with E-state index in [1.54, 1.807) is 0 Å². The number of carbonyl (C=O) groups excluding carboxylic acids is 1. The van der Waals surface area contributed by atoms with E-state index in [1.165, 1.54) is 44.9 Å². The van der Waals surface area contributed by atoms with Crippen molar-refractivity contribution >= 4 is 5.91 Å².